The molecule has 4 aromatic rings. The third kappa shape index (κ3) is 4.68. The number of likely N-dealkylation sites (N-methyl/N-ethyl adjacent to an activating group) is 1. The van der Waals surface area contributed by atoms with Gasteiger partial charge in [-0.3, -0.25) is 4.79 Å². The molecule has 0 atom stereocenters. The maximum atomic E-state index is 13.4. The van der Waals surface area contributed by atoms with E-state index in [0.717, 1.165) is 56.8 Å². The SMILES string of the molecule is C=CCn1c(=O)c2cnc(Nc3ccc(N4CCN(C)CC4)c(C)c3)nc2n1-c1ccc2c(n1)C(C)(C)CCC2. The molecule has 9 nitrogen and oxygen atoms in total. The first kappa shape index (κ1) is 26.3. The zero-order chi connectivity index (χ0) is 28.0. The highest BCUT2D eigenvalue weighted by atomic mass is 16.1. The highest BCUT2D eigenvalue weighted by Crippen LogP contribution is 2.36. The minimum atomic E-state index is -0.160. The molecule has 3 aromatic heterocycles. The Bertz CT molecular complexity index is 1640. The second-order valence-corrected chi connectivity index (χ2v) is 11.7. The van der Waals surface area contributed by atoms with Crippen LogP contribution < -0.4 is 15.8 Å². The Kier molecular flexibility index (Phi) is 6.70. The second kappa shape index (κ2) is 10.2. The number of pyridine rings is 1. The Morgan fingerprint density at radius 3 is 2.65 bits per heavy atom. The van der Waals surface area contributed by atoms with Gasteiger partial charge in [-0.15, -0.1) is 6.58 Å². The zero-order valence-electron chi connectivity index (χ0n) is 23.9. The number of allylic oxidation sites excluding steroid dienone is 1. The van der Waals surface area contributed by atoms with E-state index in [4.69, 9.17) is 9.97 Å². The van der Waals surface area contributed by atoms with Crippen molar-refractivity contribution in [1.82, 2.24) is 29.2 Å². The number of benzene rings is 1. The van der Waals surface area contributed by atoms with Crippen LogP contribution in [0.4, 0.5) is 17.3 Å². The Labute approximate surface area is 235 Å². The van der Waals surface area contributed by atoms with Gasteiger partial charge in [-0.1, -0.05) is 26.0 Å². The van der Waals surface area contributed by atoms with E-state index in [0.29, 0.717) is 29.3 Å². The quantitative estimate of drug-likeness (QED) is 0.360. The Balaban J connectivity index is 1.38. The zero-order valence-corrected chi connectivity index (χ0v) is 23.9. The van der Waals surface area contributed by atoms with E-state index in [1.807, 2.05) is 10.7 Å². The van der Waals surface area contributed by atoms with Crippen LogP contribution in [-0.2, 0) is 18.4 Å². The van der Waals surface area contributed by atoms with Gasteiger partial charge in [-0.05, 0) is 68.6 Å². The molecule has 1 aromatic carbocycles. The number of hydrogen-bond acceptors (Lipinski definition) is 7. The molecule has 1 aliphatic heterocycles. The van der Waals surface area contributed by atoms with Gasteiger partial charge in [0.05, 0.1) is 12.2 Å². The molecule has 4 heterocycles. The first-order chi connectivity index (χ1) is 19.2. The fraction of sp³-hybridized carbons (Fsp3) is 0.419. The van der Waals surface area contributed by atoms with E-state index in [-0.39, 0.29) is 11.0 Å². The predicted molar refractivity (Wildman–Crippen MR) is 161 cm³/mol. The number of anilines is 3. The van der Waals surface area contributed by atoms with Crippen molar-refractivity contribution >= 4 is 28.4 Å². The third-order valence-electron chi connectivity index (χ3n) is 8.34. The molecular weight excluding hydrogens is 500 g/mol. The van der Waals surface area contributed by atoms with Gasteiger partial charge in [-0.2, -0.15) is 4.98 Å². The number of aromatic nitrogens is 5. The standard InChI is InChI=1S/C31H38N8O/c1-6-14-38-29(40)24-20-32-30(33-23-10-11-25(21(2)19-23)37-17-15-36(5)16-18-37)35-28(24)39(38)26-12-9-22-8-7-13-31(3,4)27(22)34-26/h6,9-12,19-20H,1,7-8,13-18H2,2-5H3,(H,32,33,35). The fourth-order valence-electron chi connectivity index (χ4n) is 6.10. The summed E-state index contributed by atoms with van der Waals surface area (Å²) in [5, 5.41) is 3.81. The molecule has 6 rings (SSSR count). The Morgan fingerprint density at radius 1 is 1.10 bits per heavy atom. The first-order valence-electron chi connectivity index (χ1n) is 14.2. The van der Waals surface area contributed by atoms with Crippen LogP contribution >= 0.6 is 0 Å². The molecule has 0 unspecified atom stereocenters. The summed E-state index contributed by atoms with van der Waals surface area (Å²) in [6, 6.07) is 10.5. The largest absolute Gasteiger partial charge is 0.369 e. The summed E-state index contributed by atoms with van der Waals surface area (Å²) in [6.07, 6.45) is 6.60. The van der Waals surface area contributed by atoms with Crippen LogP contribution in [0.5, 0.6) is 0 Å². The number of piperazine rings is 1. The summed E-state index contributed by atoms with van der Waals surface area (Å²) in [5.41, 5.74) is 6.08. The minimum Gasteiger partial charge on any atom is -0.369 e. The van der Waals surface area contributed by atoms with E-state index in [2.05, 4.69) is 78.8 Å². The second-order valence-electron chi connectivity index (χ2n) is 11.7. The van der Waals surface area contributed by atoms with Crippen molar-refractivity contribution in [2.75, 3.05) is 43.4 Å². The number of nitrogens with one attached hydrogen (secondary N) is 1. The molecule has 1 fully saturated rings. The Morgan fingerprint density at radius 2 is 1.90 bits per heavy atom. The van der Waals surface area contributed by atoms with Crippen molar-refractivity contribution in [2.45, 2.75) is 52.0 Å². The van der Waals surface area contributed by atoms with Gasteiger partial charge in [0, 0.05) is 49.2 Å². The molecular formula is C31H38N8O. The minimum absolute atomic E-state index is 0.0219. The van der Waals surface area contributed by atoms with Gasteiger partial charge in [0.15, 0.2) is 11.5 Å². The number of hydrogen-bond donors (Lipinski definition) is 1. The Hall–Kier alpha value is -3.98. The van der Waals surface area contributed by atoms with Gasteiger partial charge < -0.3 is 15.1 Å². The monoisotopic (exact) mass is 538 g/mol. The van der Waals surface area contributed by atoms with Gasteiger partial charge >= 0.3 is 0 Å². The van der Waals surface area contributed by atoms with Crippen molar-refractivity contribution in [3.8, 4) is 5.82 Å². The molecule has 0 bridgehead atoms. The van der Waals surface area contributed by atoms with Gasteiger partial charge in [-0.25, -0.2) is 19.3 Å². The fourth-order valence-corrected chi connectivity index (χ4v) is 6.10. The molecule has 1 aliphatic carbocycles. The van der Waals surface area contributed by atoms with Crippen molar-refractivity contribution in [1.29, 1.82) is 0 Å². The van der Waals surface area contributed by atoms with Gasteiger partial charge in [0.25, 0.3) is 5.56 Å². The van der Waals surface area contributed by atoms with E-state index in [1.54, 1.807) is 17.0 Å². The number of fused-ring (bicyclic) bond motifs is 2. The smallest absolute Gasteiger partial charge is 0.278 e. The lowest BCUT2D eigenvalue weighted by atomic mass is 9.76. The van der Waals surface area contributed by atoms with Crippen LogP contribution in [0, 0.1) is 6.92 Å². The molecule has 208 valence electrons. The molecule has 1 N–H and O–H groups in total. The molecule has 0 saturated carbocycles. The third-order valence-corrected chi connectivity index (χ3v) is 8.34. The molecule has 2 aliphatic rings. The average Bonchev–Trinajstić information content (AvgIpc) is 3.20. The van der Waals surface area contributed by atoms with E-state index in [9.17, 15) is 4.79 Å². The lowest BCUT2D eigenvalue weighted by molar-refractivity contribution is 0.312. The van der Waals surface area contributed by atoms with Crippen molar-refractivity contribution in [3.05, 3.63) is 76.4 Å². The molecule has 1 saturated heterocycles. The van der Waals surface area contributed by atoms with Gasteiger partial charge in [0.2, 0.25) is 5.95 Å². The predicted octanol–water partition coefficient (Wildman–Crippen LogP) is 4.58. The molecule has 0 spiro atoms. The summed E-state index contributed by atoms with van der Waals surface area (Å²) in [7, 11) is 2.17. The van der Waals surface area contributed by atoms with E-state index < -0.39 is 0 Å². The summed E-state index contributed by atoms with van der Waals surface area (Å²) < 4.78 is 3.45. The maximum Gasteiger partial charge on any atom is 0.278 e. The number of nitrogens with zero attached hydrogens (tertiary/aromatic N) is 7. The maximum absolute atomic E-state index is 13.4. The van der Waals surface area contributed by atoms with Crippen molar-refractivity contribution in [2.24, 2.45) is 0 Å². The van der Waals surface area contributed by atoms with E-state index >= 15 is 0 Å². The highest BCUT2D eigenvalue weighted by molar-refractivity contribution is 5.77. The summed E-state index contributed by atoms with van der Waals surface area (Å²) in [5.74, 6) is 1.11. The van der Waals surface area contributed by atoms with Gasteiger partial charge in [0.1, 0.15) is 5.39 Å². The lowest BCUT2D eigenvalue weighted by Gasteiger charge is -2.35. The molecule has 0 radical (unpaired) electrons. The van der Waals surface area contributed by atoms with E-state index in [1.165, 1.54) is 16.8 Å². The van der Waals surface area contributed by atoms with Crippen LogP contribution in [0.2, 0.25) is 0 Å². The average molecular weight is 539 g/mol. The molecule has 9 heteroatoms. The summed E-state index contributed by atoms with van der Waals surface area (Å²) >= 11 is 0. The van der Waals surface area contributed by atoms with Crippen molar-refractivity contribution < 1.29 is 0 Å². The number of aryl methyl sites for hydroxylation is 2. The normalized spacial score (nSPS) is 17.1. The van der Waals surface area contributed by atoms with Crippen LogP contribution in [0.1, 0.15) is 43.5 Å². The van der Waals surface area contributed by atoms with Crippen LogP contribution in [-0.4, -0.2) is 62.4 Å². The highest BCUT2D eigenvalue weighted by Gasteiger charge is 2.30. The van der Waals surface area contributed by atoms with Crippen LogP contribution in [0.15, 0.2) is 54.0 Å². The molecule has 40 heavy (non-hydrogen) atoms. The number of rotatable bonds is 6. The van der Waals surface area contributed by atoms with Crippen molar-refractivity contribution in [3.63, 3.8) is 0 Å². The first-order valence-corrected chi connectivity index (χ1v) is 14.2. The van der Waals surface area contributed by atoms with Crippen LogP contribution in [0.3, 0.4) is 0 Å². The van der Waals surface area contributed by atoms with Crippen LogP contribution in [0.25, 0.3) is 16.9 Å². The lowest BCUT2D eigenvalue weighted by Crippen LogP contribution is -2.44. The summed E-state index contributed by atoms with van der Waals surface area (Å²) in [6.45, 7) is 15.0. The summed E-state index contributed by atoms with van der Waals surface area (Å²) in [4.78, 5) is 32.7. The topological polar surface area (TPSA) is 84.1 Å². The molecule has 0 amide bonds.